The van der Waals surface area contributed by atoms with Gasteiger partial charge < -0.3 is 0 Å². The van der Waals surface area contributed by atoms with Crippen LogP contribution in [0.4, 0.5) is 0 Å². The fourth-order valence-corrected chi connectivity index (χ4v) is 4.88. The average Bonchev–Trinajstić information content (AvgIpc) is 2.26. The lowest BCUT2D eigenvalue weighted by Gasteiger charge is -2.66. The molecule has 102 valence electrons. The molecule has 0 spiro atoms. The molecule has 0 aromatic carbocycles. The maximum absolute atomic E-state index is 2.55. The fraction of sp³-hybridized carbons (Fsp3) is 1.00. The normalized spacial score (nSPS) is 44.6. The predicted octanol–water partition coefficient (Wildman–Crippen LogP) is 5.77. The Balaban J connectivity index is 3.35. The first-order chi connectivity index (χ1) is 7.57. The minimum atomic E-state index is 0.404. The maximum atomic E-state index is 2.55. The van der Waals surface area contributed by atoms with E-state index in [0.717, 1.165) is 17.8 Å². The molecule has 0 aliphatic heterocycles. The first-order valence-corrected chi connectivity index (χ1v) is 7.57. The summed E-state index contributed by atoms with van der Waals surface area (Å²) < 4.78 is 0. The Hall–Kier alpha value is 0. The van der Waals surface area contributed by atoms with Gasteiger partial charge in [0.1, 0.15) is 0 Å². The van der Waals surface area contributed by atoms with Crippen molar-refractivity contribution in [2.75, 3.05) is 0 Å². The van der Waals surface area contributed by atoms with Crippen molar-refractivity contribution in [3.05, 3.63) is 0 Å². The highest BCUT2D eigenvalue weighted by Crippen LogP contribution is 2.67. The van der Waals surface area contributed by atoms with Gasteiger partial charge in [0.25, 0.3) is 0 Å². The number of rotatable bonds is 2. The summed E-state index contributed by atoms with van der Waals surface area (Å²) >= 11 is 0. The third kappa shape index (κ3) is 1.70. The second-order valence-corrected chi connectivity index (χ2v) is 7.78. The van der Waals surface area contributed by atoms with Crippen molar-refractivity contribution in [2.24, 2.45) is 34.0 Å². The van der Waals surface area contributed by atoms with Gasteiger partial charge in [-0.15, -0.1) is 0 Å². The van der Waals surface area contributed by atoms with Crippen molar-refractivity contribution < 1.29 is 0 Å². The second kappa shape index (κ2) is 4.28. The lowest BCUT2D eigenvalue weighted by atomic mass is 9.39. The van der Waals surface area contributed by atoms with Gasteiger partial charge in [-0.25, -0.2) is 0 Å². The van der Waals surface area contributed by atoms with Crippen molar-refractivity contribution in [3.63, 3.8) is 0 Å². The molecule has 1 aliphatic rings. The van der Waals surface area contributed by atoms with Gasteiger partial charge in [0.05, 0.1) is 0 Å². The Morgan fingerprint density at radius 1 is 0.882 bits per heavy atom. The van der Waals surface area contributed by atoms with Gasteiger partial charge in [-0.1, -0.05) is 68.7 Å². The van der Waals surface area contributed by atoms with Crippen LogP contribution in [0.25, 0.3) is 0 Å². The zero-order valence-electron chi connectivity index (χ0n) is 13.6. The smallest absolute Gasteiger partial charge is 0.0241 e. The Bertz CT molecular complexity index is 274. The fourth-order valence-electron chi connectivity index (χ4n) is 4.88. The summed E-state index contributed by atoms with van der Waals surface area (Å²) in [6.45, 7) is 22.3. The summed E-state index contributed by atoms with van der Waals surface area (Å²) in [4.78, 5) is 0. The van der Waals surface area contributed by atoms with Crippen LogP contribution < -0.4 is 0 Å². The van der Waals surface area contributed by atoms with Crippen molar-refractivity contribution in [2.45, 2.75) is 75.2 Å². The van der Waals surface area contributed by atoms with E-state index in [-0.39, 0.29) is 0 Å². The third-order valence-corrected chi connectivity index (χ3v) is 7.59. The van der Waals surface area contributed by atoms with Gasteiger partial charge in [-0.3, -0.25) is 0 Å². The van der Waals surface area contributed by atoms with Crippen molar-refractivity contribution in [3.8, 4) is 0 Å². The minimum absolute atomic E-state index is 0.404. The molecule has 0 N–H and O–H groups in total. The molecule has 0 heteroatoms. The summed E-state index contributed by atoms with van der Waals surface area (Å²) in [5.74, 6) is 2.51. The van der Waals surface area contributed by atoms with Crippen LogP contribution >= 0.6 is 0 Å². The second-order valence-electron chi connectivity index (χ2n) is 7.78. The summed E-state index contributed by atoms with van der Waals surface area (Å²) in [7, 11) is 0. The molecule has 4 atom stereocenters. The van der Waals surface area contributed by atoms with E-state index in [1.165, 1.54) is 12.8 Å². The molecule has 1 saturated carbocycles. The summed E-state index contributed by atoms with van der Waals surface area (Å²) in [5, 5.41) is 0. The van der Waals surface area contributed by atoms with Gasteiger partial charge in [-0.05, 0) is 40.4 Å². The van der Waals surface area contributed by atoms with Gasteiger partial charge >= 0.3 is 0 Å². The molecule has 1 aliphatic carbocycles. The summed E-state index contributed by atoms with van der Waals surface area (Å²) in [6, 6.07) is 0. The molecule has 0 heterocycles. The van der Waals surface area contributed by atoms with Crippen LogP contribution in [0.15, 0.2) is 0 Å². The van der Waals surface area contributed by atoms with E-state index in [2.05, 4.69) is 62.3 Å². The van der Waals surface area contributed by atoms with E-state index in [1.807, 2.05) is 0 Å². The van der Waals surface area contributed by atoms with Crippen LogP contribution in [0.1, 0.15) is 75.2 Å². The molecule has 0 bridgehead atoms. The van der Waals surface area contributed by atoms with Gasteiger partial charge in [0.15, 0.2) is 0 Å². The maximum Gasteiger partial charge on any atom is -0.0241 e. The summed E-state index contributed by atoms with van der Waals surface area (Å²) in [6.07, 6.45) is 2.63. The van der Waals surface area contributed by atoms with Gasteiger partial charge in [-0.2, -0.15) is 0 Å². The monoisotopic (exact) mass is 238 g/mol. The molecule has 1 rings (SSSR count). The molecule has 0 nitrogen and oxygen atoms in total. The Kier molecular flexibility index (Phi) is 3.79. The topological polar surface area (TPSA) is 0 Å². The van der Waals surface area contributed by atoms with E-state index < -0.39 is 0 Å². The molecule has 17 heavy (non-hydrogen) atoms. The number of hydrogen-bond acceptors (Lipinski definition) is 0. The highest BCUT2D eigenvalue weighted by molar-refractivity contribution is 5.08. The first-order valence-electron chi connectivity index (χ1n) is 7.57. The Labute approximate surface area is 110 Å². The van der Waals surface area contributed by atoms with Gasteiger partial charge in [0.2, 0.25) is 0 Å². The van der Waals surface area contributed by atoms with Crippen LogP contribution in [0.3, 0.4) is 0 Å². The largest absolute Gasteiger partial charge is 0.0651 e. The molecule has 0 aromatic heterocycles. The van der Waals surface area contributed by atoms with E-state index >= 15 is 0 Å². The highest BCUT2D eigenvalue weighted by atomic mass is 14.6. The van der Waals surface area contributed by atoms with E-state index in [1.54, 1.807) is 0 Å². The molecule has 0 saturated heterocycles. The van der Waals surface area contributed by atoms with E-state index in [0.29, 0.717) is 16.2 Å². The lowest BCUT2D eigenvalue weighted by Crippen LogP contribution is -2.59. The van der Waals surface area contributed by atoms with Crippen LogP contribution in [-0.4, -0.2) is 0 Å². The van der Waals surface area contributed by atoms with Crippen molar-refractivity contribution in [1.82, 2.24) is 0 Å². The summed E-state index contributed by atoms with van der Waals surface area (Å²) in [5.41, 5.74) is 1.29. The molecular formula is C17H34. The standard InChI is InChI=1S/C17H34/c1-10-14-12(3)13(4)15(5,6)16(7,8)17(14,9)11-2/h12-14H,10-11H2,1-9H3. The van der Waals surface area contributed by atoms with Gasteiger partial charge in [0, 0.05) is 0 Å². The van der Waals surface area contributed by atoms with Crippen LogP contribution in [0.5, 0.6) is 0 Å². The SMILES string of the molecule is CCC1C(C)C(C)C(C)(C)C(C)(C)C1(C)CC. The van der Waals surface area contributed by atoms with E-state index in [9.17, 15) is 0 Å². The predicted molar refractivity (Wildman–Crippen MR) is 78.1 cm³/mol. The average molecular weight is 238 g/mol. The molecule has 0 amide bonds. The Morgan fingerprint density at radius 2 is 1.35 bits per heavy atom. The number of hydrogen-bond donors (Lipinski definition) is 0. The van der Waals surface area contributed by atoms with Crippen LogP contribution in [-0.2, 0) is 0 Å². The molecule has 0 radical (unpaired) electrons. The highest BCUT2D eigenvalue weighted by Gasteiger charge is 2.60. The Morgan fingerprint density at radius 3 is 1.71 bits per heavy atom. The van der Waals surface area contributed by atoms with Crippen LogP contribution in [0, 0.1) is 34.0 Å². The molecule has 4 unspecified atom stereocenters. The van der Waals surface area contributed by atoms with Crippen LogP contribution in [0.2, 0.25) is 0 Å². The quantitative estimate of drug-likeness (QED) is 0.573. The van der Waals surface area contributed by atoms with Crippen molar-refractivity contribution in [1.29, 1.82) is 0 Å². The zero-order valence-corrected chi connectivity index (χ0v) is 13.6. The molecule has 0 aromatic rings. The van der Waals surface area contributed by atoms with E-state index in [4.69, 9.17) is 0 Å². The molecular weight excluding hydrogens is 204 g/mol. The van der Waals surface area contributed by atoms with Crippen molar-refractivity contribution >= 4 is 0 Å². The molecule has 1 fully saturated rings. The third-order valence-electron chi connectivity index (χ3n) is 7.59. The zero-order chi connectivity index (χ0) is 13.6. The first kappa shape index (κ1) is 15.1. The minimum Gasteiger partial charge on any atom is -0.0651 e. The lowest BCUT2D eigenvalue weighted by molar-refractivity contribution is -0.176.